The van der Waals surface area contributed by atoms with Crippen LogP contribution in [0.4, 0.5) is 0 Å². The summed E-state index contributed by atoms with van der Waals surface area (Å²) in [6.07, 6.45) is 12.9. The Hall–Kier alpha value is -4.01. The van der Waals surface area contributed by atoms with E-state index < -0.39 is 0 Å². The smallest absolute Gasteiger partial charge is 0.255 e. The van der Waals surface area contributed by atoms with Gasteiger partial charge in [-0.2, -0.15) is 0 Å². The summed E-state index contributed by atoms with van der Waals surface area (Å²) in [7, 11) is 0. The van der Waals surface area contributed by atoms with E-state index in [1.54, 1.807) is 18.6 Å². The van der Waals surface area contributed by atoms with Gasteiger partial charge in [0.1, 0.15) is 11.5 Å². The lowest BCUT2D eigenvalue weighted by Crippen LogP contribution is -2.38. The van der Waals surface area contributed by atoms with Crippen molar-refractivity contribution in [3.8, 4) is 11.1 Å². The summed E-state index contributed by atoms with van der Waals surface area (Å²) in [5.41, 5.74) is 4.14. The number of pyridine rings is 1. The Morgan fingerprint density at radius 2 is 2.07 bits per heavy atom. The lowest BCUT2D eigenvalue weighted by atomic mass is 10.1. The molecule has 5 aromatic rings. The molecule has 6 rings (SSSR count). The molecule has 1 amide bonds. The summed E-state index contributed by atoms with van der Waals surface area (Å²) in [5.74, 6) is 1.53. The molecule has 0 fully saturated rings. The van der Waals surface area contributed by atoms with Crippen molar-refractivity contribution in [3.63, 3.8) is 0 Å². The van der Waals surface area contributed by atoms with Crippen LogP contribution in [0.1, 0.15) is 21.9 Å². The number of amides is 1. The minimum Gasteiger partial charge on any atom is -0.346 e. The predicted octanol–water partition coefficient (Wildman–Crippen LogP) is 2.43. The molecular weight excluding hydrogens is 380 g/mol. The highest BCUT2D eigenvalue weighted by Crippen LogP contribution is 2.28. The molecule has 5 aromatic heterocycles. The predicted molar refractivity (Wildman–Crippen MR) is 110 cm³/mol. The quantitative estimate of drug-likeness (QED) is 0.493. The normalized spacial score (nSPS) is 13.8. The van der Waals surface area contributed by atoms with Crippen LogP contribution in [0, 0.1) is 6.92 Å². The van der Waals surface area contributed by atoms with Gasteiger partial charge in [-0.25, -0.2) is 19.9 Å². The third-order valence-corrected chi connectivity index (χ3v) is 5.54. The molecule has 9 nitrogen and oxygen atoms in total. The molecule has 30 heavy (non-hydrogen) atoms. The number of H-pyrrole nitrogens is 1. The van der Waals surface area contributed by atoms with Gasteiger partial charge in [-0.3, -0.25) is 9.20 Å². The molecule has 0 atom stereocenters. The van der Waals surface area contributed by atoms with Crippen molar-refractivity contribution >= 4 is 22.7 Å². The third-order valence-electron chi connectivity index (χ3n) is 5.54. The molecule has 0 aliphatic carbocycles. The van der Waals surface area contributed by atoms with Gasteiger partial charge in [0, 0.05) is 73.0 Å². The van der Waals surface area contributed by atoms with Crippen molar-refractivity contribution < 1.29 is 4.79 Å². The monoisotopic (exact) mass is 398 g/mol. The van der Waals surface area contributed by atoms with Crippen LogP contribution < -0.4 is 0 Å². The molecule has 0 spiro atoms. The SMILES string of the molecule is Cc1cn2c(n1)CN(C(=O)c1cnc3[nH]cc(-c4cnc5nccn5c4)c3c1)CC2. The summed E-state index contributed by atoms with van der Waals surface area (Å²) in [6.45, 7) is 3.88. The van der Waals surface area contributed by atoms with Crippen LogP contribution in [0.3, 0.4) is 0 Å². The highest BCUT2D eigenvalue weighted by Gasteiger charge is 2.24. The first-order chi connectivity index (χ1) is 14.7. The average Bonchev–Trinajstić information content (AvgIpc) is 3.48. The van der Waals surface area contributed by atoms with Crippen LogP contribution in [0.25, 0.3) is 27.9 Å². The van der Waals surface area contributed by atoms with E-state index in [1.165, 1.54) is 0 Å². The van der Waals surface area contributed by atoms with Gasteiger partial charge >= 0.3 is 0 Å². The van der Waals surface area contributed by atoms with Gasteiger partial charge < -0.3 is 14.5 Å². The topological polar surface area (TPSA) is 97.0 Å². The van der Waals surface area contributed by atoms with Crippen molar-refractivity contribution in [1.82, 2.24) is 38.8 Å². The molecule has 1 N–H and O–H groups in total. The maximum atomic E-state index is 13.2. The highest BCUT2D eigenvalue weighted by molar-refractivity contribution is 6.01. The first-order valence-corrected chi connectivity index (χ1v) is 9.74. The van der Waals surface area contributed by atoms with Gasteiger partial charge in [0.15, 0.2) is 0 Å². The number of nitrogens with one attached hydrogen (secondary N) is 1. The molecule has 0 bridgehead atoms. The van der Waals surface area contributed by atoms with E-state index in [0.717, 1.165) is 40.2 Å². The molecule has 0 saturated heterocycles. The Kier molecular flexibility index (Phi) is 3.52. The summed E-state index contributed by atoms with van der Waals surface area (Å²) in [6, 6.07) is 1.90. The van der Waals surface area contributed by atoms with Crippen LogP contribution in [-0.2, 0) is 13.1 Å². The number of hydrogen-bond donors (Lipinski definition) is 1. The van der Waals surface area contributed by atoms with Crippen LogP contribution >= 0.6 is 0 Å². The maximum absolute atomic E-state index is 13.2. The number of nitrogens with zero attached hydrogens (tertiary/aromatic N) is 7. The fourth-order valence-corrected chi connectivity index (χ4v) is 4.07. The average molecular weight is 398 g/mol. The number of imidazole rings is 2. The second kappa shape index (κ2) is 6.24. The molecule has 0 aromatic carbocycles. The zero-order valence-electron chi connectivity index (χ0n) is 16.3. The van der Waals surface area contributed by atoms with Crippen LogP contribution in [0.2, 0.25) is 0 Å². The second-order valence-corrected chi connectivity index (χ2v) is 7.52. The number of aromatic amines is 1. The van der Waals surface area contributed by atoms with E-state index in [2.05, 4.69) is 29.5 Å². The second-order valence-electron chi connectivity index (χ2n) is 7.52. The first-order valence-electron chi connectivity index (χ1n) is 9.74. The van der Waals surface area contributed by atoms with Crippen molar-refractivity contribution in [2.24, 2.45) is 0 Å². The molecule has 0 radical (unpaired) electrons. The van der Waals surface area contributed by atoms with Gasteiger partial charge in [-0.15, -0.1) is 0 Å². The van der Waals surface area contributed by atoms with Gasteiger partial charge in [0.25, 0.3) is 5.91 Å². The standard InChI is InChI=1S/C21H18N8O/c1-13-10-27-4-5-28(12-18(27)26-13)20(30)14-6-16-17(9-24-19(16)23-7-14)15-8-25-21-22-2-3-29(21)11-15/h2-3,6-11H,4-5,12H2,1H3,(H,23,24). The minimum atomic E-state index is -0.0355. The molecule has 1 aliphatic rings. The van der Waals surface area contributed by atoms with Crippen molar-refractivity contribution in [3.05, 3.63) is 66.5 Å². The van der Waals surface area contributed by atoms with Crippen LogP contribution in [0.5, 0.6) is 0 Å². The Labute approximate surface area is 171 Å². The minimum absolute atomic E-state index is 0.0355. The Balaban J connectivity index is 1.37. The Bertz CT molecular complexity index is 1430. The zero-order chi connectivity index (χ0) is 20.2. The van der Waals surface area contributed by atoms with E-state index in [1.807, 2.05) is 47.1 Å². The Morgan fingerprint density at radius 1 is 1.13 bits per heavy atom. The largest absolute Gasteiger partial charge is 0.346 e. The summed E-state index contributed by atoms with van der Waals surface area (Å²) >= 11 is 0. The number of rotatable bonds is 2. The number of carbonyl (C=O) groups is 1. The number of hydrogen-bond acceptors (Lipinski definition) is 5. The first kappa shape index (κ1) is 16.9. The van der Waals surface area contributed by atoms with E-state index in [9.17, 15) is 4.79 Å². The molecule has 9 heteroatoms. The molecule has 148 valence electrons. The Morgan fingerprint density at radius 3 is 3.00 bits per heavy atom. The lowest BCUT2D eigenvalue weighted by molar-refractivity contribution is 0.0707. The summed E-state index contributed by atoms with van der Waals surface area (Å²) in [5, 5.41) is 0.886. The van der Waals surface area contributed by atoms with Crippen molar-refractivity contribution in [2.45, 2.75) is 20.0 Å². The molecule has 0 unspecified atom stereocenters. The number of aromatic nitrogens is 7. The van der Waals surface area contributed by atoms with Crippen LogP contribution in [-0.4, -0.2) is 51.2 Å². The van der Waals surface area contributed by atoms with Gasteiger partial charge in [-0.1, -0.05) is 0 Å². The molecule has 0 saturated carbocycles. The number of aryl methyl sites for hydroxylation is 1. The van der Waals surface area contributed by atoms with E-state index in [0.29, 0.717) is 24.4 Å². The number of carbonyl (C=O) groups excluding carboxylic acids is 1. The fourth-order valence-electron chi connectivity index (χ4n) is 4.07. The van der Waals surface area contributed by atoms with Gasteiger partial charge in [0.2, 0.25) is 5.78 Å². The lowest BCUT2D eigenvalue weighted by Gasteiger charge is -2.27. The maximum Gasteiger partial charge on any atom is 0.255 e. The van der Waals surface area contributed by atoms with Crippen molar-refractivity contribution in [2.75, 3.05) is 6.54 Å². The zero-order valence-corrected chi connectivity index (χ0v) is 16.3. The highest BCUT2D eigenvalue weighted by atomic mass is 16.2. The van der Waals surface area contributed by atoms with E-state index >= 15 is 0 Å². The number of fused-ring (bicyclic) bond motifs is 3. The van der Waals surface area contributed by atoms with Gasteiger partial charge in [-0.05, 0) is 13.0 Å². The molecule has 6 heterocycles. The summed E-state index contributed by atoms with van der Waals surface area (Å²) in [4.78, 5) is 35.8. The molecular formula is C21H18N8O. The fraction of sp³-hybridized carbons (Fsp3) is 0.190. The van der Waals surface area contributed by atoms with Crippen LogP contribution in [0.15, 0.2) is 49.4 Å². The van der Waals surface area contributed by atoms with E-state index in [4.69, 9.17) is 0 Å². The van der Waals surface area contributed by atoms with Crippen molar-refractivity contribution in [1.29, 1.82) is 0 Å². The van der Waals surface area contributed by atoms with Gasteiger partial charge in [0.05, 0.1) is 17.8 Å². The molecule has 1 aliphatic heterocycles. The summed E-state index contributed by atoms with van der Waals surface area (Å²) < 4.78 is 3.98. The van der Waals surface area contributed by atoms with E-state index in [-0.39, 0.29) is 5.91 Å². The third kappa shape index (κ3) is 2.59.